The van der Waals surface area contributed by atoms with Crippen LogP contribution >= 0.6 is 0 Å². The van der Waals surface area contributed by atoms with Crippen molar-refractivity contribution in [2.45, 2.75) is 12.7 Å². The largest absolute Gasteiger partial charge is 0.490 e. The molecular formula is C15H16F3N3O6. The molecule has 1 aliphatic rings. The van der Waals surface area contributed by atoms with Gasteiger partial charge in [0, 0.05) is 25.7 Å². The third-order valence-corrected chi connectivity index (χ3v) is 4.23. The quantitative estimate of drug-likeness (QED) is 0.585. The van der Waals surface area contributed by atoms with Gasteiger partial charge in [0.2, 0.25) is 0 Å². The van der Waals surface area contributed by atoms with Crippen LogP contribution in [0.25, 0.3) is 0 Å². The lowest BCUT2D eigenvalue weighted by Gasteiger charge is -2.18. The minimum Gasteiger partial charge on any atom is -0.490 e. The molecule has 1 aromatic carbocycles. The van der Waals surface area contributed by atoms with Crippen LogP contribution in [-0.4, -0.2) is 53.3 Å². The summed E-state index contributed by atoms with van der Waals surface area (Å²) in [5.74, 6) is -5.49. The van der Waals surface area contributed by atoms with E-state index in [0.717, 1.165) is 4.90 Å². The van der Waals surface area contributed by atoms with Crippen molar-refractivity contribution in [1.82, 2.24) is 10.2 Å². The summed E-state index contributed by atoms with van der Waals surface area (Å²) in [7, 11) is 1.26. The maximum Gasteiger partial charge on any atom is 0.394 e. The Labute approximate surface area is 150 Å². The molecular weight excluding hydrogens is 375 g/mol. The summed E-state index contributed by atoms with van der Waals surface area (Å²) in [5, 5.41) is 22.3. The lowest BCUT2D eigenvalue weighted by molar-refractivity contribution is -0.385. The van der Waals surface area contributed by atoms with Crippen LogP contribution in [0.5, 0.6) is 5.75 Å². The van der Waals surface area contributed by atoms with E-state index in [-0.39, 0.29) is 18.0 Å². The van der Waals surface area contributed by atoms with E-state index in [0.29, 0.717) is 5.56 Å². The highest BCUT2D eigenvalue weighted by Gasteiger charge is 2.53. The zero-order chi connectivity index (χ0) is 20.4. The number of amides is 2. The molecule has 0 spiro atoms. The Balaban J connectivity index is 2.05. The van der Waals surface area contributed by atoms with Crippen molar-refractivity contribution in [1.29, 1.82) is 0 Å². The topological polar surface area (TPSA) is 122 Å². The summed E-state index contributed by atoms with van der Waals surface area (Å²) in [5.41, 5.74) is 0.00528. The highest BCUT2D eigenvalue weighted by atomic mass is 19.4. The van der Waals surface area contributed by atoms with Gasteiger partial charge in [0.15, 0.2) is 5.75 Å². The third kappa shape index (κ3) is 4.57. The Bertz CT molecular complexity index is 755. The van der Waals surface area contributed by atoms with Crippen LogP contribution in [0.4, 0.5) is 23.7 Å². The summed E-state index contributed by atoms with van der Waals surface area (Å²) in [6, 6.07) is 3.07. The van der Waals surface area contributed by atoms with Crippen LogP contribution in [0.15, 0.2) is 18.2 Å². The number of carbonyl (C=O) groups excluding carboxylic acids is 1. The first kappa shape index (κ1) is 20.3. The van der Waals surface area contributed by atoms with Gasteiger partial charge in [-0.3, -0.25) is 14.9 Å². The number of nitrogens with one attached hydrogen (secondary N) is 1. The van der Waals surface area contributed by atoms with Crippen LogP contribution in [-0.2, 0) is 11.3 Å². The number of nitrogens with zero attached hydrogens (tertiary/aromatic N) is 2. The fourth-order valence-corrected chi connectivity index (χ4v) is 2.83. The van der Waals surface area contributed by atoms with Crippen molar-refractivity contribution in [3.8, 4) is 5.75 Å². The van der Waals surface area contributed by atoms with E-state index in [9.17, 15) is 32.9 Å². The second-order valence-electron chi connectivity index (χ2n) is 5.92. The number of likely N-dealkylation sites (tertiary alicyclic amines) is 1. The van der Waals surface area contributed by atoms with E-state index in [2.05, 4.69) is 5.32 Å². The van der Waals surface area contributed by atoms with Gasteiger partial charge < -0.3 is 20.1 Å². The number of carboxylic acids is 1. The summed E-state index contributed by atoms with van der Waals surface area (Å²) < 4.78 is 43.7. The first-order valence-corrected chi connectivity index (χ1v) is 7.68. The summed E-state index contributed by atoms with van der Waals surface area (Å²) in [4.78, 5) is 34.2. The summed E-state index contributed by atoms with van der Waals surface area (Å²) >= 11 is 0. The van der Waals surface area contributed by atoms with Gasteiger partial charge in [0.25, 0.3) is 0 Å². The number of hydrogen-bond donors (Lipinski definition) is 2. The number of benzene rings is 1. The molecule has 12 heteroatoms. The molecule has 1 saturated heterocycles. The van der Waals surface area contributed by atoms with Crippen LogP contribution in [0.3, 0.4) is 0 Å². The molecule has 0 aliphatic carbocycles. The van der Waals surface area contributed by atoms with Gasteiger partial charge in [-0.25, -0.2) is 4.79 Å². The number of methoxy groups -OCH3 is 1. The number of rotatable bonds is 5. The number of ether oxygens (including phenoxy) is 1. The molecule has 0 unspecified atom stereocenters. The van der Waals surface area contributed by atoms with E-state index in [1.807, 2.05) is 0 Å². The molecule has 27 heavy (non-hydrogen) atoms. The SMILES string of the molecule is COc1ccc(CNC(=O)N2C[C@@H](C(F)(F)F)[C@H](C(=O)O)C2)cc1[N+](=O)[O-]. The molecule has 1 aliphatic heterocycles. The lowest BCUT2D eigenvalue weighted by atomic mass is 9.96. The minimum atomic E-state index is -4.74. The highest BCUT2D eigenvalue weighted by Crippen LogP contribution is 2.37. The molecule has 0 aromatic heterocycles. The molecule has 148 valence electrons. The first-order chi connectivity index (χ1) is 12.5. The second-order valence-corrected chi connectivity index (χ2v) is 5.92. The summed E-state index contributed by atoms with van der Waals surface area (Å²) in [6.07, 6.45) is -4.74. The Kier molecular flexibility index (Phi) is 5.76. The minimum absolute atomic E-state index is 0.0203. The molecule has 0 radical (unpaired) electrons. The van der Waals surface area contributed by atoms with Gasteiger partial charge in [0.1, 0.15) is 0 Å². The molecule has 2 rings (SSSR count). The van der Waals surface area contributed by atoms with Crippen molar-refractivity contribution >= 4 is 17.7 Å². The van der Waals surface area contributed by atoms with E-state index in [1.165, 1.54) is 25.3 Å². The average Bonchev–Trinajstić information content (AvgIpc) is 3.05. The van der Waals surface area contributed by atoms with E-state index >= 15 is 0 Å². The normalized spacial score (nSPS) is 19.6. The van der Waals surface area contributed by atoms with Crippen LogP contribution in [0.1, 0.15) is 5.56 Å². The van der Waals surface area contributed by atoms with Crippen LogP contribution in [0.2, 0.25) is 0 Å². The van der Waals surface area contributed by atoms with Gasteiger partial charge >= 0.3 is 23.9 Å². The Morgan fingerprint density at radius 2 is 2.07 bits per heavy atom. The zero-order valence-corrected chi connectivity index (χ0v) is 14.0. The van der Waals surface area contributed by atoms with Crippen molar-refractivity contribution in [3.05, 3.63) is 33.9 Å². The van der Waals surface area contributed by atoms with Crippen molar-refractivity contribution in [2.75, 3.05) is 20.2 Å². The molecule has 2 atom stereocenters. The number of carboxylic acid groups (broad SMARTS) is 1. The molecule has 2 amide bonds. The average molecular weight is 391 g/mol. The Morgan fingerprint density at radius 3 is 2.56 bits per heavy atom. The molecule has 0 saturated carbocycles. The molecule has 0 bridgehead atoms. The van der Waals surface area contributed by atoms with Gasteiger partial charge in [-0.15, -0.1) is 0 Å². The zero-order valence-electron chi connectivity index (χ0n) is 14.0. The summed E-state index contributed by atoms with van der Waals surface area (Å²) in [6.45, 7) is -1.53. The number of nitro benzene ring substituents is 1. The van der Waals surface area contributed by atoms with E-state index in [1.54, 1.807) is 0 Å². The maximum absolute atomic E-state index is 13.0. The van der Waals surface area contributed by atoms with Gasteiger partial charge in [0.05, 0.1) is 23.9 Å². The van der Waals surface area contributed by atoms with E-state index in [4.69, 9.17) is 9.84 Å². The lowest BCUT2D eigenvalue weighted by Crippen LogP contribution is -2.39. The number of carbonyl (C=O) groups is 2. The number of urea groups is 1. The predicted octanol–water partition coefficient (Wildman–Crippen LogP) is 2.01. The molecule has 1 fully saturated rings. The number of alkyl halides is 3. The second kappa shape index (κ2) is 7.68. The number of aliphatic carboxylic acids is 1. The van der Waals surface area contributed by atoms with Crippen LogP contribution < -0.4 is 10.1 Å². The number of nitro groups is 1. The fraction of sp³-hybridized carbons (Fsp3) is 0.467. The van der Waals surface area contributed by atoms with Gasteiger partial charge in [-0.2, -0.15) is 13.2 Å². The monoisotopic (exact) mass is 391 g/mol. The molecule has 2 N–H and O–H groups in total. The number of hydrogen-bond acceptors (Lipinski definition) is 5. The Morgan fingerprint density at radius 1 is 1.41 bits per heavy atom. The Hall–Kier alpha value is -3.05. The van der Waals surface area contributed by atoms with Crippen molar-refractivity contribution in [2.24, 2.45) is 11.8 Å². The van der Waals surface area contributed by atoms with Gasteiger partial charge in [-0.05, 0) is 11.6 Å². The van der Waals surface area contributed by atoms with Gasteiger partial charge in [-0.1, -0.05) is 6.07 Å². The van der Waals surface area contributed by atoms with E-state index < -0.39 is 48.0 Å². The first-order valence-electron chi connectivity index (χ1n) is 7.68. The number of halogens is 3. The third-order valence-electron chi connectivity index (χ3n) is 4.23. The predicted molar refractivity (Wildman–Crippen MR) is 84.1 cm³/mol. The smallest absolute Gasteiger partial charge is 0.394 e. The fourth-order valence-electron chi connectivity index (χ4n) is 2.83. The highest BCUT2D eigenvalue weighted by molar-refractivity contribution is 5.77. The van der Waals surface area contributed by atoms with Crippen LogP contribution in [0, 0.1) is 22.0 Å². The molecule has 1 heterocycles. The standard InChI is InChI=1S/C15H16F3N3O6/c1-27-12-3-2-8(4-11(12)21(25)26)5-19-14(24)20-6-9(13(22)23)10(7-20)15(16,17)18/h2-4,9-10H,5-7H2,1H3,(H,19,24)(H,22,23)/t9-,10-/m1/s1. The van der Waals surface area contributed by atoms with Crippen molar-refractivity contribution < 1.29 is 37.5 Å². The maximum atomic E-state index is 13.0. The van der Waals surface area contributed by atoms with Crippen molar-refractivity contribution in [3.63, 3.8) is 0 Å². The molecule has 1 aromatic rings. The molecule has 9 nitrogen and oxygen atoms in total.